The summed E-state index contributed by atoms with van der Waals surface area (Å²) in [6, 6.07) is 8.87. The Labute approximate surface area is 111 Å². The number of fused-ring (bicyclic) bond motifs is 1. The molecule has 3 atom stereocenters. The standard InChI is InChI=1S/C16H18OS/c17-18-11-15-8-3-4-9-16(15,12-18)14-6-2-1-5-13(14)7-10-15/h1-6H,7-12H2/t15-,16-,18+/m1/s1. The molecule has 0 aromatic heterocycles. The zero-order valence-electron chi connectivity index (χ0n) is 10.5. The van der Waals surface area contributed by atoms with E-state index in [2.05, 4.69) is 36.4 Å². The second-order valence-electron chi connectivity index (χ2n) is 6.13. The molecule has 0 spiro atoms. The smallest absolute Gasteiger partial charge is 0.0341 e. The molecule has 94 valence electrons. The van der Waals surface area contributed by atoms with Crippen molar-refractivity contribution in [2.75, 3.05) is 11.5 Å². The summed E-state index contributed by atoms with van der Waals surface area (Å²) in [5.41, 5.74) is 3.48. The van der Waals surface area contributed by atoms with Gasteiger partial charge < -0.3 is 0 Å². The number of rotatable bonds is 0. The third kappa shape index (κ3) is 1.20. The quantitative estimate of drug-likeness (QED) is 0.654. The van der Waals surface area contributed by atoms with E-state index in [1.165, 1.54) is 24.0 Å². The van der Waals surface area contributed by atoms with Crippen LogP contribution in [0.5, 0.6) is 0 Å². The molecule has 3 aliphatic rings. The average Bonchev–Trinajstić information content (AvgIpc) is 2.71. The van der Waals surface area contributed by atoms with Crippen molar-refractivity contribution in [3.05, 3.63) is 47.5 Å². The van der Waals surface area contributed by atoms with Gasteiger partial charge in [0, 0.05) is 27.7 Å². The zero-order chi connectivity index (χ0) is 12.2. The minimum atomic E-state index is -0.628. The lowest BCUT2D eigenvalue weighted by molar-refractivity contribution is 0.142. The Balaban J connectivity index is 1.99. The minimum Gasteiger partial charge on any atom is -0.260 e. The van der Waals surface area contributed by atoms with Gasteiger partial charge in [0.05, 0.1) is 0 Å². The molecule has 1 aromatic carbocycles. The third-order valence-corrected chi connectivity index (χ3v) is 7.10. The maximum absolute atomic E-state index is 12.3. The molecule has 0 bridgehead atoms. The molecule has 2 heteroatoms. The number of hydrogen-bond acceptors (Lipinski definition) is 1. The highest BCUT2D eigenvalue weighted by molar-refractivity contribution is 7.85. The lowest BCUT2D eigenvalue weighted by Gasteiger charge is -2.51. The fourth-order valence-corrected chi connectivity index (χ4v) is 6.90. The third-order valence-electron chi connectivity index (χ3n) is 5.41. The summed E-state index contributed by atoms with van der Waals surface area (Å²) in [5, 5.41) is 0. The highest BCUT2D eigenvalue weighted by Gasteiger charge is 2.60. The summed E-state index contributed by atoms with van der Waals surface area (Å²) >= 11 is 0. The van der Waals surface area contributed by atoms with Crippen LogP contribution in [0.25, 0.3) is 0 Å². The Morgan fingerprint density at radius 2 is 1.89 bits per heavy atom. The van der Waals surface area contributed by atoms with Crippen LogP contribution in [0.1, 0.15) is 30.4 Å². The van der Waals surface area contributed by atoms with Crippen LogP contribution in [-0.4, -0.2) is 15.7 Å². The Hall–Kier alpha value is -0.890. The first-order valence-corrected chi connectivity index (χ1v) is 8.33. The lowest BCUT2D eigenvalue weighted by Crippen LogP contribution is -2.49. The molecule has 1 fully saturated rings. The summed E-state index contributed by atoms with van der Waals surface area (Å²) in [7, 11) is -0.628. The van der Waals surface area contributed by atoms with Crippen LogP contribution in [0.4, 0.5) is 0 Å². The fraction of sp³-hybridized carbons (Fsp3) is 0.500. The van der Waals surface area contributed by atoms with Gasteiger partial charge in [0.25, 0.3) is 0 Å². The van der Waals surface area contributed by atoms with E-state index in [1.54, 1.807) is 0 Å². The second-order valence-corrected chi connectivity index (χ2v) is 7.58. The summed E-state index contributed by atoms with van der Waals surface area (Å²) < 4.78 is 12.3. The van der Waals surface area contributed by atoms with Gasteiger partial charge in [0.15, 0.2) is 0 Å². The zero-order valence-corrected chi connectivity index (χ0v) is 11.3. The van der Waals surface area contributed by atoms with Crippen molar-refractivity contribution in [3.8, 4) is 0 Å². The molecule has 0 radical (unpaired) electrons. The van der Waals surface area contributed by atoms with Gasteiger partial charge in [-0.15, -0.1) is 0 Å². The van der Waals surface area contributed by atoms with Gasteiger partial charge in [-0.25, -0.2) is 0 Å². The molecule has 1 nitrogen and oxygen atoms in total. The molecular weight excluding hydrogens is 240 g/mol. The predicted molar refractivity (Wildman–Crippen MR) is 75.1 cm³/mol. The molecule has 1 saturated heterocycles. The van der Waals surface area contributed by atoms with Crippen molar-refractivity contribution >= 4 is 10.8 Å². The van der Waals surface area contributed by atoms with Gasteiger partial charge >= 0.3 is 0 Å². The molecule has 4 rings (SSSR count). The number of allylic oxidation sites excluding steroid dienone is 2. The van der Waals surface area contributed by atoms with E-state index in [1.807, 2.05) is 0 Å². The number of benzene rings is 1. The second kappa shape index (κ2) is 3.57. The number of hydrogen-bond donors (Lipinski definition) is 0. The summed E-state index contributed by atoms with van der Waals surface area (Å²) in [4.78, 5) is 0. The van der Waals surface area contributed by atoms with E-state index in [0.29, 0.717) is 5.41 Å². The molecule has 18 heavy (non-hydrogen) atoms. The van der Waals surface area contributed by atoms with Gasteiger partial charge in [-0.1, -0.05) is 36.4 Å². The Morgan fingerprint density at radius 3 is 2.83 bits per heavy atom. The van der Waals surface area contributed by atoms with Crippen molar-refractivity contribution in [2.24, 2.45) is 5.41 Å². The van der Waals surface area contributed by atoms with Crippen LogP contribution < -0.4 is 0 Å². The molecule has 1 aromatic rings. The van der Waals surface area contributed by atoms with Crippen molar-refractivity contribution in [1.82, 2.24) is 0 Å². The van der Waals surface area contributed by atoms with Gasteiger partial charge in [0.2, 0.25) is 0 Å². The van der Waals surface area contributed by atoms with Crippen LogP contribution in [-0.2, 0) is 22.6 Å². The average molecular weight is 258 g/mol. The monoisotopic (exact) mass is 258 g/mol. The van der Waals surface area contributed by atoms with Gasteiger partial charge in [0.1, 0.15) is 0 Å². The first kappa shape index (κ1) is 11.0. The highest BCUT2D eigenvalue weighted by Crippen LogP contribution is 2.60. The van der Waals surface area contributed by atoms with E-state index in [-0.39, 0.29) is 5.41 Å². The topological polar surface area (TPSA) is 17.1 Å². The van der Waals surface area contributed by atoms with Crippen molar-refractivity contribution in [1.29, 1.82) is 0 Å². The SMILES string of the molecule is O=[S@]1C[C@]23CC=CC[C@@]2(C1)c1ccccc1CC3. The Morgan fingerprint density at radius 1 is 1.06 bits per heavy atom. The minimum absolute atomic E-state index is 0.182. The van der Waals surface area contributed by atoms with E-state index in [4.69, 9.17) is 0 Å². The van der Waals surface area contributed by atoms with E-state index < -0.39 is 10.8 Å². The Bertz CT molecular complexity index is 562. The fourth-order valence-electron chi connectivity index (χ4n) is 4.51. The van der Waals surface area contributed by atoms with Crippen molar-refractivity contribution in [2.45, 2.75) is 31.1 Å². The maximum Gasteiger partial charge on any atom is 0.0341 e. The summed E-state index contributed by atoms with van der Waals surface area (Å²) in [6.45, 7) is 0. The molecule has 1 heterocycles. The predicted octanol–water partition coefficient (Wildman–Crippen LogP) is 2.97. The number of aryl methyl sites for hydroxylation is 1. The van der Waals surface area contributed by atoms with Crippen LogP contribution in [0.15, 0.2) is 36.4 Å². The maximum atomic E-state index is 12.3. The van der Waals surface area contributed by atoms with Gasteiger partial charge in [-0.05, 0) is 42.2 Å². The molecular formula is C16H18OS. The van der Waals surface area contributed by atoms with E-state index in [0.717, 1.165) is 24.3 Å². The van der Waals surface area contributed by atoms with Gasteiger partial charge in [-0.2, -0.15) is 0 Å². The first-order chi connectivity index (χ1) is 8.76. The molecule has 2 aliphatic carbocycles. The van der Waals surface area contributed by atoms with Crippen LogP contribution in [0.2, 0.25) is 0 Å². The molecule has 1 aliphatic heterocycles. The van der Waals surface area contributed by atoms with Crippen LogP contribution in [0, 0.1) is 5.41 Å². The largest absolute Gasteiger partial charge is 0.260 e. The van der Waals surface area contributed by atoms with E-state index in [9.17, 15) is 4.21 Å². The molecule has 0 saturated carbocycles. The van der Waals surface area contributed by atoms with Crippen LogP contribution >= 0.6 is 0 Å². The molecule has 0 amide bonds. The van der Waals surface area contributed by atoms with Gasteiger partial charge in [-0.3, -0.25) is 4.21 Å². The van der Waals surface area contributed by atoms with Crippen LogP contribution in [0.3, 0.4) is 0 Å². The Kier molecular flexibility index (Phi) is 2.18. The molecule has 0 N–H and O–H groups in total. The summed E-state index contributed by atoms with van der Waals surface area (Å²) in [6.07, 6.45) is 9.27. The highest BCUT2D eigenvalue weighted by atomic mass is 32.2. The normalized spacial score (nSPS) is 41.0. The molecule has 0 unspecified atom stereocenters. The lowest BCUT2D eigenvalue weighted by atomic mass is 9.51. The van der Waals surface area contributed by atoms with Crippen molar-refractivity contribution < 1.29 is 4.21 Å². The first-order valence-electron chi connectivity index (χ1n) is 6.84. The van der Waals surface area contributed by atoms with Crippen molar-refractivity contribution in [3.63, 3.8) is 0 Å². The summed E-state index contributed by atoms with van der Waals surface area (Å²) in [5.74, 6) is 1.81. The van der Waals surface area contributed by atoms with E-state index >= 15 is 0 Å².